The van der Waals surface area contributed by atoms with E-state index < -0.39 is 10.0 Å². The summed E-state index contributed by atoms with van der Waals surface area (Å²) in [6.07, 6.45) is 0.699. The fourth-order valence-electron chi connectivity index (χ4n) is 3.96. The lowest BCUT2D eigenvalue weighted by Crippen LogP contribution is -2.29. The number of para-hydroxylation sites is 2. The fourth-order valence-corrected chi connectivity index (χ4v) is 5.55. The van der Waals surface area contributed by atoms with Crippen LogP contribution in [0.3, 0.4) is 0 Å². The normalized spacial score (nSPS) is 13.0. The first-order valence-electron chi connectivity index (χ1n) is 10.5. The minimum absolute atomic E-state index is 0.166. The van der Waals surface area contributed by atoms with Crippen LogP contribution in [-0.4, -0.2) is 27.5 Å². The van der Waals surface area contributed by atoms with Crippen LogP contribution >= 0.6 is 0 Å². The Labute approximate surface area is 188 Å². The maximum atomic E-state index is 13.2. The Balaban J connectivity index is 1.46. The van der Waals surface area contributed by atoms with E-state index in [-0.39, 0.29) is 17.4 Å². The van der Waals surface area contributed by atoms with Crippen molar-refractivity contribution >= 4 is 27.3 Å². The number of sulfonamides is 1. The van der Waals surface area contributed by atoms with Gasteiger partial charge in [0.05, 0.1) is 10.6 Å². The second-order valence-electron chi connectivity index (χ2n) is 7.99. The molecule has 32 heavy (non-hydrogen) atoms. The molecule has 6 nitrogen and oxygen atoms in total. The van der Waals surface area contributed by atoms with Gasteiger partial charge in [-0.25, -0.2) is 8.42 Å². The molecule has 0 atom stereocenters. The first kappa shape index (κ1) is 21.9. The number of nitrogens with one attached hydrogen (secondary N) is 1. The molecule has 0 fully saturated rings. The van der Waals surface area contributed by atoms with Crippen molar-refractivity contribution in [2.75, 3.05) is 22.8 Å². The van der Waals surface area contributed by atoms with Crippen LogP contribution in [0, 0.1) is 20.8 Å². The summed E-state index contributed by atoms with van der Waals surface area (Å²) in [6.45, 7) is 5.91. The van der Waals surface area contributed by atoms with Crippen molar-refractivity contribution in [3.8, 4) is 5.75 Å². The third-order valence-electron chi connectivity index (χ3n) is 5.68. The van der Waals surface area contributed by atoms with Crippen molar-refractivity contribution in [2.45, 2.75) is 32.1 Å². The molecule has 1 aliphatic rings. The summed E-state index contributed by atoms with van der Waals surface area (Å²) in [5.74, 6) is 0.203. The molecule has 0 bridgehead atoms. The highest BCUT2D eigenvalue weighted by Crippen LogP contribution is 2.33. The SMILES string of the molecule is Cc1cc(S(=O)(=O)N2CCc3ccccc32)ccc1OCC(=O)Nc1c(C)cccc1C. The van der Waals surface area contributed by atoms with E-state index in [4.69, 9.17) is 4.74 Å². The second kappa shape index (κ2) is 8.67. The molecule has 166 valence electrons. The molecule has 4 rings (SSSR count). The van der Waals surface area contributed by atoms with Crippen molar-refractivity contribution in [1.82, 2.24) is 0 Å². The minimum Gasteiger partial charge on any atom is -0.483 e. The van der Waals surface area contributed by atoms with Gasteiger partial charge in [0.1, 0.15) is 5.75 Å². The van der Waals surface area contributed by atoms with E-state index in [9.17, 15) is 13.2 Å². The van der Waals surface area contributed by atoms with Crippen molar-refractivity contribution < 1.29 is 17.9 Å². The van der Waals surface area contributed by atoms with E-state index in [1.54, 1.807) is 19.1 Å². The molecule has 0 unspecified atom stereocenters. The standard InChI is InChI=1S/C25H26N2O4S/c1-17-7-6-8-18(2)25(17)26-24(28)16-31-23-12-11-21(15-19(23)3)32(29,30)27-14-13-20-9-4-5-10-22(20)27/h4-12,15H,13-14,16H2,1-3H3,(H,26,28). The quantitative estimate of drug-likeness (QED) is 0.605. The molecule has 0 spiro atoms. The average molecular weight is 451 g/mol. The highest BCUT2D eigenvalue weighted by molar-refractivity contribution is 7.92. The summed E-state index contributed by atoms with van der Waals surface area (Å²) in [7, 11) is -3.67. The van der Waals surface area contributed by atoms with Crippen LogP contribution in [0.25, 0.3) is 0 Å². The minimum atomic E-state index is -3.67. The molecule has 0 saturated heterocycles. The lowest BCUT2D eigenvalue weighted by atomic mass is 10.1. The van der Waals surface area contributed by atoms with Gasteiger partial charge in [-0.15, -0.1) is 0 Å². The van der Waals surface area contributed by atoms with E-state index >= 15 is 0 Å². The maximum Gasteiger partial charge on any atom is 0.264 e. The van der Waals surface area contributed by atoms with Gasteiger partial charge in [0, 0.05) is 12.2 Å². The molecule has 7 heteroatoms. The number of carbonyl (C=O) groups is 1. The zero-order chi connectivity index (χ0) is 22.9. The largest absolute Gasteiger partial charge is 0.483 e. The zero-order valence-corrected chi connectivity index (χ0v) is 19.2. The number of carbonyl (C=O) groups excluding carboxylic acids is 1. The molecule has 0 radical (unpaired) electrons. The maximum absolute atomic E-state index is 13.2. The summed E-state index contributed by atoms with van der Waals surface area (Å²) >= 11 is 0. The van der Waals surface area contributed by atoms with E-state index in [1.165, 1.54) is 10.4 Å². The van der Waals surface area contributed by atoms with Gasteiger partial charge >= 0.3 is 0 Å². The van der Waals surface area contributed by atoms with E-state index in [0.29, 0.717) is 24.3 Å². The van der Waals surface area contributed by atoms with Crippen molar-refractivity contribution in [2.24, 2.45) is 0 Å². The Morgan fingerprint density at radius 1 is 0.969 bits per heavy atom. The second-order valence-corrected chi connectivity index (χ2v) is 9.85. The highest BCUT2D eigenvalue weighted by atomic mass is 32.2. The number of fused-ring (bicyclic) bond motifs is 1. The lowest BCUT2D eigenvalue weighted by molar-refractivity contribution is -0.118. The molecular formula is C25H26N2O4S. The first-order valence-corrected chi connectivity index (χ1v) is 11.9. The summed E-state index contributed by atoms with van der Waals surface area (Å²) in [5.41, 5.74) is 5.15. The zero-order valence-electron chi connectivity index (χ0n) is 18.4. The predicted octanol–water partition coefficient (Wildman–Crippen LogP) is 4.38. The molecular weight excluding hydrogens is 424 g/mol. The number of rotatable bonds is 6. The lowest BCUT2D eigenvalue weighted by Gasteiger charge is -2.20. The molecule has 0 saturated carbocycles. The molecule has 1 amide bonds. The van der Waals surface area contributed by atoms with Gasteiger partial charge in [0.15, 0.2) is 6.61 Å². The fraction of sp³-hybridized carbons (Fsp3) is 0.240. The predicted molar refractivity (Wildman–Crippen MR) is 126 cm³/mol. The summed E-state index contributed by atoms with van der Waals surface area (Å²) in [5, 5.41) is 2.88. The average Bonchev–Trinajstić information content (AvgIpc) is 3.20. The number of aryl methyl sites for hydroxylation is 3. The van der Waals surface area contributed by atoms with Crippen LogP contribution in [0.4, 0.5) is 11.4 Å². The molecule has 1 heterocycles. The molecule has 0 aromatic heterocycles. The number of nitrogens with zero attached hydrogens (tertiary/aromatic N) is 1. The third kappa shape index (κ3) is 4.21. The van der Waals surface area contributed by atoms with Gasteiger partial charge in [-0.1, -0.05) is 36.4 Å². The van der Waals surface area contributed by atoms with E-state index in [2.05, 4.69) is 5.32 Å². The van der Waals surface area contributed by atoms with Gasteiger partial charge < -0.3 is 10.1 Å². The van der Waals surface area contributed by atoms with Crippen LogP contribution in [0.1, 0.15) is 22.3 Å². The number of benzene rings is 3. The number of ether oxygens (including phenoxy) is 1. The van der Waals surface area contributed by atoms with Gasteiger partial charge in [0.25, 0.3) is 15.9 Å². The van der Waals surface area contributed by atoms with Crippen molar-refractivity contribution in [3.63, 3.8) is 0 Å². The Morgan fingerprint density at radius 3 is 2.41 bits per heavy atom. The summed E-state index contributed by atoms with van der Waals surface area (Å²) < 4.78 is 33.6. The smallest absolute Gasteiger partial charge is 0.264 e. The first-order chi connectivity index (χ1) is 15.3. The molecule has 3 aromatic rings. The van der Waals surface area contributed by atoms with Gasteiger partial charge in [0.2, 0.25) is 0 Å². The van der Waals surface area contributed by atoms with Crippen LogP contribution in [0.2, 0.25) is 0 Å². The molecule has 3 aromatic carbocycles. The van der Waals surface area contributed by atoms with Gasteiger partial charge in [-0.3, -0.25) is 9.10 Å². The Hall–Kier alpha value is -3.32. The van der Waals surface area contributed by atoms with E-state index in [1.807, 2.05) is 56.3 Å². The van der Waals surface area contributed by atoms with E-state index in [0.717, 1.165) is 28.1 Å². The number of anilines is 2. The number of hydrogen-bond donors (Lipinski definition) is 1. The molecule has 0 aliphatic carbocycles. The Kier molecular flexibility index (Phi) is 5.93. The van der Waals surface area contributed by atoms with Crippen LogP contribution < -0.4 is 14.4 Å². The monoisotopic (exact) mass is 450 g/mol. The van der Waals surface area contributed by atoms with Gasteiger partial charge in [-0.2, -0.15) is 0 Å². The van der Waals surface area contributed by atoms with Crippen LogP contribution in [0.5, 0.6) is 5.75 Å². The number of amides is 1. The van der Waals surface area contributed by atoms with Crippen LogP contribution in [-0.2, 0) is 21.2 Å². The summed E-state index contributed by atoms with van der Waals surface area (Å²) in [6, 6.07) is 18.1. The molecule has 1 aliphatic heterocycles. The van der Waals surface area contributed by atoms with Gasteiger partial charge in [-0.05, 0) is 73.7 Å². The highest BCUT2D eigenvalue weighted by Gasteiger charge is 2.30. The Bertz CT molecular complexity index is 1260. The molecule has 1 N–H and O–H groups in total. The topological polar surface area (TPSA) is 75.7 Å². The van der Waals surface area contributed by atoms with Crippen LogP contribution in [0.15, 0.2) is 65.6 Å². The summed E-state index contributed by atoms with van der Waals surface area (Å²) in [4.78, 5) is 12.6. The third-order valence-corrected chi connectivity index (χ3v) is 7.49. The number of hydrogen-bond acceptors (Lipinski definition) is 4. The van der Waals surface area contributed by atoms with Crippen molar-refractivity contribution in [1.29, 1.82) is 0 Å². The van der Waals surface area contributed by atoms with Crippen molar-refractivity contribution in [3.05, 3.63) is 82.9 Å². The Morgan fingerprint density at radius 2 is 1.69 bits per heavy atom.